The molecule has 0 aromatic heterocycles. The summed E-state index contributed by atoms with van der Waals surface area (Å²) in [6.07, 6.45) is 8.07. The number of carbonyl (C=O) groups is 2. The molecular weight excluding hydrogens is 300 g/mol. The topological polar surface area (TPSA) is 49.4 Å². The Hall–Kier alpha value is -0.740. The van der Waals surface area contributed by atoms with Gasteiger partial charge in [-0.3, -0.25) is 14.5 Å². The van der Waals surface area contributed by atoms with Crippen molar-refractivity contribution in [3.8, 4) is 0 Å². The van der Waals surface area contributed by atoms with Crippen LogP contribution in [0.5, 0.6) is 0 Å². The van der Waals surface area contributed by atoms with E-state index in [2.05, 4.69) is 24.1 Å². The van der Waals surface area contributed by atoms with E-state index in [0.717, 1.165) is 58.3 Å². The molecule has 4 nitrogen and oxygen atoms in total. The number of nitrogens with one attached hydrogen (secondary N) is 1. The van der Waals surface area contributed by atoms with Gasteiger partial charge in [0.15, 0.2) is 0 Å². The summed E-state index contributed by atoms with van der Waals surface area (Å²) in [6.45, 7) is 8.42. The summed E-state index contributed by atoms with van der Waals surface area (Å²) in [4.78, 5) is 28.8. The van der Waals surface area contributed by atoms with Crippen LogP contribution in [0.2, 0.25) is 0 Å². The zero-order valence-electron chi connectivity index (χ0n) is 15.5. The van der Waals surface area contributed by atoms with Crippen LogP contribution in [0.1, 0.15) is 71.6 Å². The third-order valence-corrected chi connectivity index (χ3v) is 6.79. The van der Waals surface area contributed by atoms with Crippen molar-refractivity contribution in [3.63, 3.8) is 0 Å². The Kier molecular flexibility index (Phi) is 5.45. The summed E-state index contributed by atoms with van der Waals surface area (Å²) in [6, 6.07) is 0.647. The fourth-order valence-corrected chi connectivity index (χ4v) is 5.52. The van der Waals surface area contributed by atoms with Crippen LogP contribution in [-0.2, 0) is 9.59 Å². The Labute approximate surface area is 146 Å². The molecular formula is C20H34N2O2. The van der Waals surface area contributed by atoms with Gasteiger partial charge in [-0.15, -0.1) is 0 Å². The minimum atomic E-state index is -0.642. The van der Waals surface area contributed by atoms with Crippen molar-refractivity contribution < 1.29 is 9.59 Å². The molecule has 1 spiro atoms. The van der Waals surface area contributed by atoms with Crippen LogP contribution in [0.25, 0.3) is 0 Å². The third kappa shape index (κ3) is 3.20. The number of rotatable bonds is 5. The summed E-state index contributed by atoms with van der Waals surface area (Å²) < 4.78 is 0. The molecule has 1 saturated carbocycles. The van der Waals surface area contributed by atoms with Crippen LogP contribution in [0.15, 0.2) is 0 Å². The highest BCUT2D eigenvalue weighted by atomic mass is 16.2. The van der Waals surface area contributed by atoms with Crippen LogP contribution < -0.4 is 5.32 Å². The third-order valence-electron chi connectivity index (χ3n) is 6.79. The predicted molar refractivity (Wildman–Crippen MR) is 96.0 cm³/mol. The van der Waals surface area contributed by atoms with E-state index < -0.39 is 5.41 Å². The lowest BCUT2D eigenvalue weighted by Crippen LogP contribution is -2.51. The molecule has 0 radical (unpaired) electrons. The van der Waals surface area contributed by atoms with Gasteiger partial charge in [0.05, 0.1) is 5.41 Å². The van der Waals surface area contributed by atoms with Gasteiger partial charge >= 0.3 is 0 Å². The first-order valence-electron chi connectivity index (χ1n) is 10.1. The first-order chi connectivity index (χ1) is 11.6. The number of piperidine rings is 1. The van der Waals surface area contributed by atoms with Crippen molar-refractivity contribution in [2.45, 2.75) is 77.7 Å². The highest BCUT2D eigenvalue weighted by molar-refractivity contribution is 6.09. The fourth-order valence-electron chi connectivity index (χ4n) is 5.52. The maximum Gasteiger partial charge on any atom is 0.147 e. The molecule has 1 N–H and O–H groups in total. The average Bonchev–Trinajstić information content (AvgIpc) is 2.97. The van der Waals surface area contributed by atoms with Gasteiger partial charge < -0.3 is 5.32 Å². The van der Waals surface area contributed by atoms with E-state index in [0.29, 0.717) is 18.9 Å². The average molecular weight is 335 g/mol. The summed E-state index contributed by atoms with van der Waals surface area (Å²) in [5, 5.41) is 3.43. The highest BCUT2D eigenvalue weighted by Gasteiger charge is 2.55. The van der Waals surface area contributed by atoms with Crippen LogP contribution >= 0.6 is 0 Å². The minimum Gasteiger partial charge on any atom is -0.317 e. The van der Waals surface area contributed by atoms with E-state index >= 15 is 0 Å². The molecule has 1 aliphatic carbocycles. The van der Waals surface area contributed by atoms with Gasteiger partial charge in [0.1, 0.15) is 11.6 Å². The van der Waals surface area contributed by atoms with Crippen LogP contribution in [0.3, 0.4) is 0 Å². The molecule has 3 rings (SSSR count). The lowest BCUT2D eigenvalue weighted by molar-refractivity contribution is -0.150. The zero-order chi connectivity index (χ0) is 17.2. The Morgan fingerprint density at radius 1 is 1.04 bits per heavy atom. The molecule has 0 atom stereocenters. The van der Waals surface area contributed by atoms with Gasteiger partial charge in [0.2, 0.25) is 0 Å². The van der Waals surface area contributed by atoms with Crippen LogP contribution in [-0.4, -0.2) is 48.7 Å². The number of hydrogen-bond donors (Lipinski definition) is 1. The van der Waals surface area contributed by atoms with Gasteiger partial charge in [-0.25, -0.2) is 0 Å². The number of ketones is 2. The molecule has 0 bridgehead atoms. The van der Waals surface area contributed by atoms with Crippen LogP contribution in [0, 0.1) is 10.8 Å². The van der Waals surface area contributed by atoms with E-state index in [1.54, 1.807) is 0 Å². The van der Waals surface area contributed by atoms with Gasteiger partial charge in [0.25, 0.3) is 0 Å². The number of likely N-dealkylation sites (tertiary alicyclic amines) is 1. The van der Waals surface area contributed by atoms with Crippen molar-refractivity contribution in [2.24, 2.45) is 10.8 Å². The van der Waals surface area contributed by atoms with Gasteiger partial charge in [0, 0.05) is 25.4 Å². The molecule has 2 aliphatic heterocycles. The van der Waals surface area contributed by atoms with Gasteiger partial charge in [-0.2, -0.15) is 0 Å². The molecule has 0 aromatic carbocycles. The highest BCUT2D eigenvalue weighted by Crippen LogP contribution is 2.50. The van der Waals surface area contributed by atoms with Crippen molar-refractivity contribution in [3.05, 3.63) is 0 Å². The van der Waals surface area contributed by atoms with E-state index in [1.165, 1.54) is 12.8 Å². The molecule has 136 valence electrons. The number of hydrogen-bond acceptors (Lipinski definition) is 4. The number of carbonyl (C=O) groups excluding carboxylic acids is 2. The summed E-state index contributed by atoms with van der Waals surface area (Å²) >= 11 is 0. The normalized spacial score (nSPS) is 27.9. The predicted octanol–water partition coefficient (Wildman–Crippen LogP) is 2.95. The zero-order valence-corrected chi connectivity index (χ0v) is 15.5. The second kappa shape index (κ2) is 7.25. The summed E-state index contributed by atoms with van der Waals surface area (Å²) in [5.41, 5.74) is -0.693. The maximum atomic E-state index is 13.1. The molecule has 3 aliphatic rings. The van der Waals surface area contributed by atoms with E-state index in [4.69, 9.17) is 0 Å². The standard InChI is InChI=1S/C20H34N2O2/c1-3-7-20(8-4-2)17(23)13-19(14-18(20)24)9-12-22(15-19)16-5-10-21-11-6-16/h16,21H,3-15H2,1-2H3. The summed E-state index contributed by atoms with van der Waals surface area (Å²) in [7, 11) is 0. The molecule has 0 amide bonds. The van der Waals surface area contributed by atoms with Gasteiger partial charge in [-0.05, 0) is 57.2 Å². The first-order valence-corrected chi connectivity index (χ1v) is 10.1. The quantitative estimate of drug-likeness (QED) is 0.785. The van der Waals surface area contributed by atoms with E-state index in [-0.39, 0.29) is 17.0 Å². The van der Waals surface area contributed by atoms with Crippen molar-refractivity contribution in [2.75, 3.05) is 26.2 Å². The first kappa shape index (κ1) is 18.1. The Balaban J connectivity index is 1.71. The molecule has 2 saturated heterocycles. The number of Topliss-reactive ketones (excluding diaryl/α,β-unsaturated/α-hetero) is 2. The van der Waals surface area contributed by atoms with E-state index in [9.17, 15) is 9.59 Å². The largest absolute Gasteiger partial charge is 0.317 e. The Morgan fingerprint density at radius 3 is 2.17 bits per heavy atom. The second-order valence-electron chi connectivity index (χ2n) is 8.48. The molecule has 24 heavy (non-hydrogen) atoms. The molecule has 3 fully saturated rings. The smallest absolute Gasteiger partial charge is 0.147 e. The van der Waals surface area contributed by atoms with Crippen molar-refractivity contribution in [1.29, 1.82) is 0 Å². The molecule has 2 heterocycles. The SMILES string of the molecule is CCCC1(CCC)C(=O)CC2(CCN(C3CCNCC3)C2)CC1=O. The van der Waals surface area contributed by atoms with Crippen molar-refractivity contribution >= 4 is 11.6 Å². The fraction of sp³-hybridized carbons (Fsp3) is 0.900. The lowest BCUT2D eigenvalue weighted by Gasteiger charge is -2.43. The second-order valence-corrected chi connectivity index (χ2v) is 8.48. The van der Waals surface area contributed by atoms with E-state index in [1.807, 2.05) is 0 Å². The molecule has 0 unspecified atom stereocenters. The lowest BCUT2D eigenvalue weighted by atomic mass is 9.59. The molecule has 4 heteroatoms. The Bertz CT molecular complexity index is 456. The van der Waals surface area contributed by atoms with Crippen molar-refractivity contribution in [1.82, 2.24) is 10.2 Å². The maximum absolute atomic E-state index is 13.1. The Morgan fingerprint density at radius 2 is 1.62 bits per heavy atom. The van der Waals surface area contributed by atoms with Gasteiger partial charge in [-0.1, -0.05) is 26.7 Å². The van der Waals surface area contributed by atoms with Crippen LogP contribution in [0.4, 0.5) is 0 Å². The number of nitrogens with zero attached hydrogens (tertiary/aromatic N) is 1. The monoisotopic (exact) mass is 334 g/mol. The summed E-state index contributed by atoms with van der Waals surface area (Å²) in [5.74, 6) is 0.518. The molecule has 0 aromatic rings. The minimum absolute atomic E-state index is 0.0516.